The lowest BCUT2D eigenvalue weighted by Gasteiger charge is -2.12. The predicted molar refractivity (Wildman–Crippen MR) is 50.5 cm³/mol. The first-order chi connectivity index (χ1) is 7.28. The van der Waals surface area contributed by atoms with Crippen LogP contribution in [0.15, 0.2) is 29.4 Å². The Balaban J connectivity index is 3.11. The molecule has 0 amide bonds. The van der Waals surface area contributed by atoms with Crippen molar-refractivity contribution < 1.29 is 21.6 Å². The predicted octanol–water partition coefficient (Wildman–Crippen LogP) is 2.60. The van der Waals surface area contributed by atoms with E-state index < -0.39 is 21.2 Å². The first-order valence-corrected chi connectivity index (χ1v) is 5.29. The van der Waals surface area contributed by atoms with Gasteiger partial charge in [0.2, 0.25) is 0 Å². The van der Waals surface area contributed by atoms with Gasteiger partial charge in [0, 0.05) is 0 Å². The minimum atomic E-state index is -5.50. The highest BCUT2D eigenvalue weighted by molar-refractivity contribution is 7.93. The molecule has 0 radical (unpaired) electrons. The van der Waals surface area contributed by atoms with Crippen LogP contribution in [0.3, 0.4) is 0 Å². The van der Waals surface area contributed by atoms with Gasteiger partial charge in [-0.05, 0) is 12.1 Å². The topological polar surface area (TPSA) is 80.8 Å². The number of sulfonamides is 1. The number of para-hydroxylation sites is 1. The fourth-order valence-electron chi connectivity index (χ4n) is 0.850. The zero-order valence-electron chi connectivity index (χ0n) is 7.56. The second kappa shape index (κ2) is 4.08. The first kappa shape index (κ1) is 12.4. The zero-order chi connectivity index (χ0) is 12.4. The van der Waals surface area contributed by atoms with Gasteiger partial charge < -0.3 is 10.6 Å². The quantitative estimate of drug-likeness (QED) is 0.839. The van der Waals surface area contributed by atoms with Crippen LogP contribution < -0.4 is 4.72 Å². The van der Waals surface area contributed by atoms with E-state index in [-0.39, 0.29) is 5.69 Å². The first-order valence-electron chi connectivity index (χ1n) is 3.81. The summed E-state index contributed by atoms with van der Waals surface area (Å²) in [5, 5.41) is 2.64. The number of hydrogen-bond donors (Lipinski definition) is 1. The van der Waals surface area contributed by atoms with E-state index in [2.05, 4.69) is 5.11 Å². The molecule has 88 valence electrons. The van der Waals surface area contributed by atoms with Crippen molar-refractivity contribution in [1.82, 2.24) is 0 Å². The van der Waals surface area contributed by atoms with Crippen molar-refractivity contribution in [3.63, 3.8) is 0 Å². The molecule has 1 aromatic carbocycles. The molecule has 0 aliphatic heterocycles. The molecule has 1 aromatic rings. The Labute approximate surface area is 88.8 Å². The van der Waals surface area contributed by atoms with Crippen molar-refractivity contribution in [3.8, 4) is 0 Å². The van der Waals surface area contributed by atoms with E-state index in [0.29, 0.717) is 0 Å². The number of rotatable bonds is 3. The highest BCUT2D eigenvalue weighted by atomic mass is 32.2. The fourth-order valence-corrected chi connectivity index (χ4v) is 1.43. The van der Waals surface area contributed by atoms with E-state index in [1.807, 2.05) is 0 Å². The molecule has 0 aliphatic carbocycles. The van der Waals surface area contributed by atoms with Crippen LogP contribution in [0.1, 0.15) is 0 Å². The Morgan fingerprint density at radius 2 is 1.81 bits per heavy atom. The van der Waals surface area contributed by atoms with Gasteiger partial charge in [0.05, 0.1) is 11.4 Å². The number of nitrogens with zero attached hydrogens (tertiary/aromatic N) is 2. The van der Waals surface area contributed by atoms with Gasteiger partial charge in [0.15, 0.2) is 0 Å². The van der Waals surface area contributed by atoms with Crippen molar-refractivity contribution >= 4 is 21.4 Å². The van der Waals surface area contributed by atoms with Crippen molar-refractivity contribution in [2.24, 2.45) is 5.11 Å². The maximum Gasteiger partial charge on any atom is 0.516 e. The van der Waals surface area contributed by atoms with Crippen molar-refractivity contribution in [3.05, 3.63) is 29.8 Å². The summed E-state index contributed by atoms with van der Waals surface area (Å²) in [4.78, 5) is 0. The van der Waals surface area contributed by atoms with Gasteiger partial charge in [-0.25, -0.2) is 0 Å². The highest BCUT2D eigenvalue weighted by Crippen LogP contribution is 2.30. The largest absolute Gasteiger partial charge is 0.706 e. The Bertz CT molecular complexity index is 498. The smallest absolute Gasteiger partial charge is 0.516 e. The maximum absolute atomic E-state index is 12.0. The average Bonchev–Trinajstić information content (AvgIpc) is 2.16. The van der Waals surface area contributed by atoms with Gasteiger partial charge >= 0.3 is 15.5 Å². The summed E-state index contributed by atoms with van der Waals surface area (Å²) >= 11 is 0. The average molecular weight is 252 g/mol. The van der Waals surface area contributed by atoms with Crippen molar-refractivity contribution in [2.45, 2.75) is 5.51 Å². The number of nitrogens with one attached hydrogen (secondary N) is 1. The highest BCUT2D eigenvalue weighted by Gasteiger charge is 2.46. The zero-order valence-corrected chi connectivity index (χ0v) is 8.38. The monoisotopic (exact) mass is 252 g/mol. The number of hydrogen-bond acceptors (Lipinski definition) is 3. The van der Waals surface area contributed by atoms with Crippen LogP contribution in [-0.4, -0.2) is 13.9 Å². The Hall–Kier alpha value is -1.64. The number of alkyl halides is 3. The van der Waals surface area contributed by atoms with E-state index in [1.165, 1.54) is 16.9 Å². The van der Waals surface area contributed by atoms with Gasteiger partial charge in [0.25, 0.3) is 0 Å². The van der Waals surface area contributed by atoms with Crippen LogP contribution >= 0.6 is 0 Å². The normalized spacial score (nSPS) is 12.2. The van der Waals surface area contributed by atoms with Crippen LogP contribution in [0.5, 0.6) is 0 Å². The second-order valence-electron chi connectivity index (χ2n) is 2.67. The number of anilines is 1. The number of benzene rings is 1. The van der Waals surface area contributed by atoms with Crippen LogP contribution in [-0.2, 0) is 10.0 Å². The maximum atomic E-state index is 12.0. The van der Waals surface area contributed by atoms with Crippen LogP contribution in [0, 0.1) is 0 Å². The fraction of sp³-hybridized carbons (Fsp3) is 0.143. The molecule has 0 aliphatic rings. The Morgan fingerprint density at radius 1 is 1.25 bits per heavy atom. The van der Waals surface area contributed by atoms with E-state index in [1.54, 1.807) is 0 Å². The van der Waals surface area contributed by atoms with Crippen LogP contribution in [0.2, 0.25) is 0 Å². The van der Waals surface area contributed by atoms with Gasteiger partial charge in [-0.1, -0.05) is 12.1 Å². The molecule has 0 heterocycles. The molecule has 9 heteroatoms. The van der Waals surface area contributed by atoms with E-state index in [0.717, 1.165) is 12.1 Å². The van der Waals surface area contributed by atoms with Gasteiger partial charge in [-0.2, -0.15) is 21.6 Å². The summed E-state index contributed by atoms with van der Waals surface area (Å²) in [5.41, 5.74) is 2.24. The Kier molecular flexibility index (Phi) is 3.17. The molecule has 0 saturated carbocycles. The van der Waals surface area contributed by atoms with E-state index in [9.17, 15) is 21.6 Å². The van der Waals surface area contributed by atoms with Crippen molar-refractivity contribution in [2.75, 3.05) is 4.72 Å². The Morgan fingerprint density at radius 3 is 2.31 bits per heavy atom. The molecule has 0 aromatic heterocycles. The number of halogens is 3. The molecule has 0 fully saturated rings. The lowest BCUT2D eigenvalue weighted by atomic mass is 10.3. The molecule has 1 N–H and O–H groups in total. The SMILES string of the molecule is [N-]=Nc1ccccc1NS(=O)(=O)C(F)(F)F. The molecule has 16 heavy (non-hydrogen) atoms. The summed E-state index contributed by atoms with van der Waals surface area (Å²) in [6.07, 6.45) is 0. The molecular formula is C7H5F3N3O2S-. The summed E-state index contributed by atoms with van der Waals surface area (Å²) in [6.45, 7) is 0. The third-order valence-corrected chi connectivity index (χ3v) is 2.66. The molecule has 0 spiro atoms. The van der Waals surface area contributed by atoms with Gasteiger partial charge in [-0.15, -0.1) is 0 Å². The van der Waals surface area contributed by atoms with E-state index >= 15 is 0 Å². The van der Waals surface area contributed by atoms with Gasteiger partial charge in [0.1, 0.15) is 0 Å². The van der Waals surface area contributed by atoms with Crippen molar-refractivity contribution in [1.29, 1.82) is 0 Å². The summed E-state index contributed by atoms with van der Waals surface area (Å²) < 4.78 is 58.8. The summed E-state index contributed by atoms with van der Waals surface area (Å²) in [7, 11) is -5.50. The molecule has 1 rings (SSSR count). The molecule has 0 unspecified atom stereocenters. The van der Waals surface area contributed by atoms with Crippen LogP contribution in [0.25, 0.3) is 5.53 Å². The molecule has 5 nitrogen and oxygen atoms in total. The summed E-state index contributed by atoms with van der Waals surface area (Å²) in [6, 6.07) is 4.86. The molecule has 0 bridgehead atoms. The molecule has 0 atom stereocenters. The minimum Gasteiger partial charge on any atom is -0.706 e. The van der Waals surface area contributed by atoms with Gasteiger partial charge in [-0.3, -0.25) is 4.72 Å². The second-order valence-corrected chi connectivity index (χ2v) is 4.34. The third-order valence-electron chi connectivity index (χ3n) is 1.56. The standard InChI is InChI=1S/C7H5F3N3O2S/c8-7(9,10)16(14,15)13-6-4-2-1-3-5(6)12-11/h1-4,13H/q-1. The third kappa shape index (κ3) is 2.48. The van der Waals surface area contributed by atoms with E-state index in [4.69, 9.17) is 5.53 Å². The lowest BCUT2D eigenvalue weighted by Crippen LogP contribution is -2.29. The lowest BCUT2D eigenvalue weighted by molar-refractivity contribution is -0.0429. The molecular weight excluding hydrogens is 247 g/mol. The summed E-state index contributed by atoms with van der Waals surface area (Å²) in [5.74, 6) is 0. The minimum absolute atomic E-state index is 0.310. The van der Waals surface area contributed by atoms with Crippen LogP contribution in [0.4, 0.5) is 24.5 Å². The molecule has 0 saturated heterocycles.